The Kier molecular flexibility index (Phi) is 8.87. The largest absolute Gasteiger partial charge is 0.388 e. The summed E-state index contributed by atoms with van der Waals surface area (Å²) in [6.07, 6.45) is -2.85. The summed E-state index contributed by atoms with van der Waals surface area (Å²) in [4.78, 5) is 16.8. The lowest BCUT2D eigenvalue weighted by atomic mass is 10.2. The number of fused-ring (bicyclic) bond motifs is 1. The predicted molar refractivity (Wildman–Crippen MR) is 133 cm³/mol. The smallest absolute Gasteiger partial charge is 0.338 e. The predicted octanol–water partition coefficient (Wildman–Crippen LogP) is 5.00. The summed E-state index contributed by atoms with van der Waals surface area (Å²) in [6.45, 7) is 13.1. The molecular weight excluding hydrogens is 457 g/mol. The number of hydrogen-bond acceptors (Lipinski definition) is 7. The molecule has 192 valence electrons. The zero-order valence-corrected chi connectivity index (χ0v) is 21.1. The van der Waals surface area contributed by atoms with Crippen LogP contribution in [0, 0.1) is 6.92 Å². The summed E-state index contributed by atoms with van der Waals surface area (Å²) in [5.74, 6) is 2.31. The van der Waals surface area contributed by atoms with Crippen molar-refractivity contribution in [2.24, 2.45) is 0 Å². The lowest BCUT2D eigenvalue weighted by molar-refractivity contribution is -0.130. The lowest BCUT2D eigenvalue weighted by Gasteiger charge is -2.32. The van der Waals surface area contributed by atoms with Crippen molar-refractivity contribution in [3.8, 4) is 0 Å². The molecule has 1 fully saturated rings. The maximum absolute atomic E-state index is 10.8. The van der Waals surface area contributed by atoms with Gasteiger partial charge in [0.2, 0.25) is 5.95 Å². The van der Waals surface area contributed by atoms with E-state index in [1.165, 1.54) is 0 Å². The zero-order chi connectivity index (χ0) is 25.6. The normalized spacial score (nSPS) is 16.2. The first-order valence-electron chi connectivity index (χ1n) is 12.2. The van der Waals surface area contributed by atoms with E-state index in [2.05, 4.69) is 41.3 Å². The van der Waals surface area contributed by atoms with Crippen molar-refractivity contribution in [2.45, 2.75) is 72.6 Å². The van der Waals surface area contributed by atoms with Gasteiger partial charge < -0.3 is 15.5 Å². The number of aryl methyl sites for hydroxylation is 3. The molecule has 3 aromatic rings. The van der Waals surface area contributed by atoms with E-state index in [4.69, 9.17) is 15.1 Å². The molecule has 1 aliphatic heterocycles. The average molecular weight is 493 g/mol. The van der Waals surface area contributed by atoms with Crippen molar-refractivity contribution in [1.82, 2.24) is 30.0 Å². The van der Waals surface area contributed by atoms with Crippen LogP contribution in [-0.2, 0) is 13.0 Å². The molecule has 8 nitrogen and oxygen atoms in total. The van der Waals surface area contributed by atoms with Crippen LogP contribution in [0.3, 0.4) is 0 Å². The van der Waals surface area contributed by atoms with Gasteiger partial charge in [0.1, 0.15) is 16.9 Å². The Morgan fingerprint density at radius 2 is 1.89 bits per heavy atom. The molecule has 1 saturated heterocycles. The molecule has 0 aromatic carbocycles. The SMILES string of the molecule is CCC(F)(F)F.CCCn1nc(CC)c2nc(N3CCNC(C)C3)nc(Nc3cccc(C)n3)c21. The molecule has 1 atom stereocenters. The highest BCUT2D eigenvalue weighted by molar-refractivity contribution is 5.90. The average Bonchev–Trinajstić information content (AvgIpc) is 3.17. The zero-order valence-electron chi connectivity index (χ0n) is 21.1. The topological polar surface area (TPSA) is 83.8 Å². The van der Waals surface area contributed by atoms with Gasteiger partial charge in [0.25, 0.3) is 0 Å². The molecule has 0 amide bonds. The highest BCUT2D eigenvalue weighted by Gasteiger charge is 2.24. The van der Waals surface area contributed by atoms with Gasteiger partial charge in [0.05, 0.1) is 5.69 Å². The Morgan fingerprint density at radius 3 is 2.49 bits per heavy atom. The Hall–Kier alpha value is -2.95. The van der Waals surface area contributed by atoms with Gasteiger partial charge in [-0.2, -0.15) is 23.3 Å². The Labute approximate surface area is 204 Å². The van der Waals surface area contributed by atoms with Crippen LogP contribution in [0.4, 0.5) is 30.8 Å². The minimum absolute atomic E-state index is 0.409. The first kappa shape index (κ1) is 26.7. The van der Waals surface area contributed by atoms with E-state index in [1.807, 2.05) is 29.8 Å². The highest BCUT2D eigenvalue weighted by atomic mass is 19.4. The van der Waals surface area contributed by atoms with Gasteiger partial charge in [-0.05, 0) is 38.8 Å². The van der Waals surface area contributed by atoms with Crippen LogP contribution in [0.15, 0.2) is 18.2 Å². The molecule has 0 spiro atoms. The third-order valence-corrected chi connectivity index (χ3v) is 5.60. The van der Waals surface area contributed by atoms with Crippen molar-refractivity contribution in [3.63, 3.8) is 0 Å². The van der Waals surface area contributed by atoms with Crippen LogP contribution in [0.2, 0.25) is 0 Å². The van der Waals surface area contributed by atoms with E-state index in [1.54, 1.807) is 0 Å². The maximum atomic E-state index is 10.8. The van der Waals surface area contributed by atoms with E-state index in [9.17, 15) is 13.2 Å². The fourth-order valence-corrected chi connectivity index (χ4v) is 3.82. The van der Waals surface area contributed by atoms with E-state index in [0.717, 1.165) is 85.9 Å². The number of nitrogens with zero attached hydrogens (tertiary/aromatic N) is 6. The third-order valence-electron chi connectivity index (χ3n) is 5.60. The monoisotopic (exact) mass is 492 g/mol. The van der Waals surface area contributed by atoms with E-state index < -0.39 is 12.6 Å². The maximum Gasteiger partial charge on any atom is 0.388 e. The Morgan fingerprint density at radius 1 is 1.14 bits per heavy atom. The van der Waals surface area contributed by atoms with Crippen LogP contribution in [0.1, 0.15) is 51.9 Å². The highest BCUT2D eigenvalue weighted by Crippen LogP contribution is 2.29. The van der Waals surface area contributed by atoms with E-state index in [0.29, 0.717) is 6.04 Å². The number of alkyl halides is 3. The number of rotatable bonds is 6. The summed E-state index contributed by atoms with van der Waals surface area (Å²) in [6, 6.07) is 6.37. The number of hydrogen-bond donors (Lipinski definition) is 2. The van der Waals surface area contributed by atoms with Crippen LogP contribution < -0.4 is 15.5 Å². The number of anilines is 3. The molecule has 4 rings (SSSR count). The molecule has 0 radical (unpaired) electrons. The van der Waals surface area contributed by atoms with Crippen LogP contribution in [0.5, 0.6) is 0 Å². The minimum Gasteiger partial charge on any atom is -0.338 e. The molecule has 0 saturated carbocycles. The van der Waals surface area contributed by atoms with Gasteiger partial charge in [-0.15, -0.1) is 0 Å². The Balaban J connectivity index is 0.000000509. The molecular formula is C24H35F3N8. The van der Waals surface area contributed by atoms with Gasteiger partial charge in [-0.1, -0.05) is 26.8 Å². The van der Waals surface area contributed by atoms with Gasteiger partial charge >= 0.3 is 6.18 Å². The minimum atomic E-state index is -3.96. The summed E-state index contributed by atoms with van der Waals surface area (Å²) in [5.41, 5.74) is 3.87. The quantitative estimate of drug-likeness (QED) is 0.501. The van der Waals surface area contributed by atoms with Crippen LogP contribution >= 0.6 is 0 Å². The standard InChI is InChI=1S/C21H30N8.C3H5F3/c1-5-11-29-19-18(16(6-2)27-29)25-21(28-12-10-22-15(4)13-28)26-20(19)24-17-9-7-8-14(3)23-17;1-2-3(4,5)6/h7-9,15,22H,5-6,10-13H2,1-4H3,(H,23,24,25,26);2H2,1H3. The number of aromatic nitrogens is 5. The number of halogens is 3. The molecule has 0 bridgehead atoms. The van der Waals surface area contributed by atoms with Crippen molar-refractivity contribution in [1.29, 1.82) is 0 Å². The van der Waals surface area contributed by atoms with E-state index >= 15 is 0 Å². The molecule has 0 aliphatic carbocycles. The van der Waals surface area contributed by atoms with Crippen LogP contribution in [-0.4, -0.2) is 56.6 Å². The first-order valence-corrected chi connectivity index (χ1v) is 12.2. The molecule has 35 heavy (non-hydrogen) atoms. The van der Waals surface area contributed by atoms with Crippen molar-refractivity contribution >= 4 is 28.6 Å². The molecule has 3 aromatic heterocycles. The summed E-state index contributed by atoms with van der Waals surface area (Å²) >= 11 is 0. The number of piperazine rings is 1. The van der Waals surface area contributed by atoms with Crippen molar-refractivity contribution in [2.75, 3.05) is 29.9 Å². The van der Waals surface area contributed by atoms with Crippen LogP contribution in [0.25, 0.3) is 11.0 Å². The fourth-order valence-electron chi connectivity index (χ4n) is 3.82. The molecule has 11 heteroatoms. The van der Waals surface area contributed by atoms with Gasteiger partial charge in [-0.3, -0.25) is 4.68 Å². The molecule has 1 aliphatic rings. The second kappa shape index (κ2) is 11.7. The molecule has 1 unspecified atom stereocenters. The fraction of sp³-hybridized carbons (Fsp3) is 0.583. The summed E-state index contributed by atoms with van der Waals surface area (Å²) in [7, 11) is 0. The Bertz CT molecular complexity index is 1110. The van der Waals surface area contributed by atoms with Gasteiger partial charge in [-0.25, -0.2) is 9.97 Å². The second-order valence-electron chi connectivity index (χ2n) is 8.65. The van der Waals surface area contributed by atoms with Gasteiger partial charge in [0, 0.05) is 44.3 Å². The summed E-state index contributed by atoms with van der Waals surface area (Å²) in [5, 5.41) is 11.8. The number of pyridine rings is 1. The van der Waals surface area contributed by atoms with Crippen molar-refractivity contribution < 1.29 is 13.2 Å². The number of nitrogens with one attached hydrogen (secondary N) is 2. The second-order valence-corrected chi connectivity index (χ2v) is 8.65. The lowest BCUT2D eigenvalue weighted by Crippen LogP contribution is -2.49. The van der Waals surface area contributed by atoms with E-state index in [-0.39, 0.29) is 0 Å². The summed E-state index contributed by atoms with van der Waals surface area (Å²) < 4.78 is 34.4. The molecule has 4 heterocycles. The first-order chi connectivity index (χ1) is 16.6. The van der Waals surface area contributed by atoms with Crippen molar-refractivity contribution in [3.05, 3.63) is 29.6 Å². The third kappa shape index (κ3) is 7.03. The van der Waals surface area contributed by atoms with Gasteiger partial charge in [0.15, 0.2) is 5.82 Å². The molecule has 2 N–H and O–H groups in total.